The van der Waals surface area contributed by atoms with Crippen LogP contribution < -0.4 is 5.73 Å². The van der Waals surface area contributed by atoms with E-state index in [1.54, 1.807) is 7.11 Å². The summed E-state index contributed by atoms with van der Waals surface area (Å²) in [5.41, 5.74) is 5.67. The van der Waals surface area contributed by atoms with Crippen LogP contribution in [0.25, 0.3) is 0 Å². The van der Waals surface area contributed by atoms with E-state index in [2.05, 4.69) is 0 Å². The van der Waals surface area contributed by atoms with Gasteiger partial charge in [-0.1, -0.05) is 6.42 Å². The van der Waals surface area contributed by atoms with Crippen molar-refractivity contribution in [3.63, 3.8) is 0 Å². The zero-order valence-corrected chi connectivity index (χ0v) is 8.50. The predicted octanol–water partition coefficient (Wildman–Crippen LogP) is 1.02. The van der Waals surface area contributed by atoms with Gasteiger partial charge in [0.2, 0.25) is 0 Å². The van der Waals surface area contributed by atoms with E-state index >= 15 is 0 Å². The number of nitrogens with two attached hydrogens (primary N) is 1. The Labute approximate surface area is 80.6 Å². The minimum atomic E-state index is 0.694. The molecule has 3 heteroatoms. The van der Waals surface area contributed by atoms with Crippen LogP contribution in [0.3, 0.4) is 0 Å². The Balaban J connectivity index is 2.06. The summed E-state index contributed by atoms with van der Waals surface area (Å²) < 4.78 is 10.4. The average molecular weight is 187 g/mol. The molecular formula is C10H21NO2. The summed E-state index contributed by atoms with van der Waals surface area (Å²) >= 11 is 0. The first-order valence-electron chi connectivity index (χ1n) is 5.15. The minimum absolute atomic E-state index is 0.694. The second kappa shape index (κ2) is 6.35. The molecule has 2 unspecified atom stereocenters. The third-order valence-electron chi connectivity index (χ3n) is 2.88. The molecule has 2 atom stereocenters. The quantitative estimate of drug-likeness (QED) is 0.631. The van der Waals surface area contributed by atoms with Gasteiger partial charge in [-0.05, 0) is 31.2 Å². The van der Waals surface area contributed by atoms with Crippen LogP contribution in [0.2, 0.25) is 0 Å². The second-order valence-electron chi connectivity index (χ2n) is 3.75. The predicted molar refractivity (Wildman–Crippen MR) is 52.6 cm³/mol. The molecule has 0 aromatic rings. The van der Waals surface area contributed by atoms with Gasteiger partial charge in [0.25, 0.3) is 0 Å². The van der Waals surface area contributed by atoms with Gasteiger partial charge in [0.1, 0.15) is 0 Å². The zero-order chi connectivity index (χ0) is 9.52. The summed E-state index contributed by atoms with van der Waals surface area (Å²) in [5, 5.41) is 0. The Morgan fingerprint density at radius 2 is 2.00 bits per heavy atom. The summed E-state index contributed by atoms with van der Waals surface area (Å²) in [4.78, 5) is 0. The summed E-state index contributed by atoms with van der Waals surface area (Å²) in [6.07, 6.45) is 3.89. The van der Waals surface area contributed by atoms with Gasteiger partial charge in [-0.15, -0.1) is 0 Å². The summed E-state index contributed by atoms with van der Waals surface area (Å²) in [5.74, 6) is 1.39. The third-order valence-corrected chi connectivity index (χ3v) is 2.88. The highest BCUT2D eigenvalue weighted by Gasteiger charge is 2.25. The van der Waals surface area contributed by atoms with Crippen molar-refractivity contribution >= 4 is 0 Å². The monoisotopic (exact) mass is 187 g/mol. The second-order valence-corrected chi connectivity index (χ2v) is 3.75. The molecule has 0 amide bonds. The van der Waals surface area contributed by atoms with E-state index < -0.39 is 0 Å². The smallest absolute Gasteiger partial charge is 0.0700 e. The van der Waals surface area contributed by atoms with E-state index in [1.165, 1.54) is 19.3 Å². The van der Waals surface area contributed by atoms with Gasteiger partial charge < -0.3 is 15.2 Å². The van der Waals surface area contributed by atoms with Crippen LogP contribution >= 0.6 is 0 Å². The normalized spacial score (nSPS) is 28.2. The third kappa shape index (κ3) is 3.63. The van der Waals surface area contributed by atoms with Crippen molar-refractivity contribution in [1.82, 2.24) is 0 Å². The first-order valence-corrected chi connectivity index (χ1v) is 5.15. The maximum absolute atomic E-state index is 5.67. The lowest BCUT2D eigenvalue weighted by Crippen LogP contribution is -2.22. The lowest BCUT2D eigenvalue weighted by molar-refractivity contribution is 0.0444. The molecule has 13 heavy (non-hydrogen) atoms. The fourth-order valence-electron chi connectivity index (χ4n) is 2.02. The molecule has 0 bridgehead atoms. The minimum Gasteiger partial charge on any atom is -0.382 e. The van der Waals surface area contributed by atoms with Crippen LogP contribution in [0.5, 0.6) is 0 Å². The number of methoxy groups -OCH3 is 1. The number of hydrogen-bond donors (Lipinski definition) is 1. The Bertz CT molecular complexity index is 130. The van der Waals surface area contributed by atoms with Gasteiger partial charge in [-0.2, -0.15) is 0 Å². The van der Waals surface area contributed by atoms with Crippen molar-refractivity contribution in [3.8, 4) is 0 Å². The van der Waals surface area contributed by atoms with Gasteiger partial charge in [0.15, 0.2) is 0 Å². The van der Waals surface area contributed by atoms with E-state index in [0.29, 0.717) is 25.0 Å². The van der Waals surface area contributed by atoms with Gasteiger partial charge >= 0.3 is 0 Å². The van der Waals surface area contributed by atoms with E-state index in [-0.39, 0.29) is 0 Å². The highest BCUT2D eigenvalue weighted by atomic mass is 16.5. The molecule has 0 radical (unpaired) electrons. The molecule has 0 spiro atoms. The van der Waals surface area contributed by atoms with E-state index in [4.69, 9.17) is 15.2 Å². The molecule has 1 rings (SSSR count). The summed E-state index contributed by atoms with van der Waals surface area (Å²) in [6, 6.07) is 0. The number of hydrogen-bond acceptors (Lipinski definition) is 3. The summed E-state index contributed by atoms with van der Waals surface area (Å²) in [7, 11) is 1.70. The number of ether oxygens (including phenoxy) is 2. The van der Waals surface area contributed by atoms with Crippen molar-refractivity contribution in [2.45, 2.75) is 19.3 Å². The largest absolute Gasteiger partial charge is 0.382 e. The molecule has 0 heterocycles. The topological polar surface area (TPSA) is 44.5 Å². The van der Waals surface area contributed by atoms with E-state index in [9.17, 15) is 0 Å². The Kier molecular flexibility index (Phi) is 5.35. The van der Waals surface area contributed by atoms with Crippen molar-refractivity contribution in [1.29, 1.82) is 0 Å². The van der Waals surface area contributed by atoms with Crippen molar-refractivity contribution in [2.75, 3.05) is 33.5 Å². The van der Waals surface area contributed by atoms with Crippen molar-refractivity contribution in [2.24, 2.45) is 17.6 Å². The highest BCUT2D eigenvalue weighted by molar-refractivity contribution is 4.77. The molecule has 1 saturated carbocycles. The summed E-state index contributed by atoms with van der Waals surface area (Å²) in [6.45, 7) is 3.09. The molecule has 0 aliphatic heterocycles. The number of rotatable bonds is 6. The van der Waals surface area contributed by atoms with Gasteiger partial charge in [0, 0.05) is 13.7 Å². The standard InChI is InChI=1S/C10H21NO2/c1-12-5-6-13-8-10-4-2-3-9(10)7-11/h9-10H,2-8,11H2,1H3. The molecule has 78 valence electrons. The molecule has 0 aromatic heterocycles. The van der Waals surface area contributed by atoms with Crippen LogP contribution in [-0.4, -0.2) is 33.5 Å². The Morgan fingerprint density at radius 3 is 2.69 bits per heavy atom. The van der Waals surface area contributed by atoms with Gasteiger partial charge in [-0.25, -0.2) is 0 Å². The molecule has 1 aliphatic carbocycles. The van der Waals surface area contributed by atoms with Crippen LogP contribution in [0.15, 0.2) is 0 Å². The van der Waals surface area contributed by atoms with Gasteiger partial charge in [-0.3, -0.25) is 0 Å². The van der Waals surface area contributed by atoms with Crippen LogP contribution in [0.4, 0.5) is 0 Å². The highest BCUT2D eigenvalue weighted by Crippen LogP contribution is 2.30. The lowest BCUT2D eigenvalue weighted by Gasteiger charge is -2.17. The lowest BCUT2D eigenvalue weighted by atomic mass is 9.97. The van der Waals surface area contributed by atoms with E-state index in [0.717, 1.165) is 13.2 Å². The van der Waals surface area contributed by atoms with Crippen LogP contribution in [-0.2, 0) is 9.47 Å². The maximum Gasteiger partial charge on any atom is 0.0700 e. The van der Waals surface area contributed by atoms with E-state index in [1.807, 2.05) is 0 Å². The van der Waals surface area contributed by atoms with Crippen LogP contribution in [0.1, 0.15) is 19.3 Å². The first-order chi connectivity index (χ1) is 6.38. The SMILES string of the molecule is COCCOCC1CCCC1CN. The Morgan fingerprint density at radius 1 is 1.23 bits per heavy atom. The molecule has 1 aliphatic rings. The first kappa shape index (κ1) is 11.0. The molecular weight excluding hydrogens is 166 g/mol. The molecule has 0 aromatic carbocycles. The Hall–Kier alpha value is -0.120. The molecule has 2 N–H and O–H groups in total. The van der Waals surface area contributed by atoms with Gasteiger partial charge in [0.05, 0.1) is 13.2 Å². The fraction of sp³-hybridized carbons (Fsp3) is 1.00. The van der Waals surface area contributed by atoms with Crippen LogP contribution in [0, 0.1) is 11.8 Å². The van der Waals surface area contributed by atoms with Crippen molar-refractivity contribution in [3.05, 3.63) is 0 Å². The molecule has 1 fully saturated rings. The van der Waals surface area contributed by atoms with Crippen molar-refractivity contribution < 1.29 is 9.47 Å². The zero-order valence-electron chi connectivity index (χ0n) is 8.50. The average Bonchev–Trinajstić information content (AvgIpc) is 2.60. The molecule has 0 saturated heterocycles. The maximum atomic E-state index is 5.67. The molecule has 3 nitrogen and oxygen atoms in total. The fourth-order valence-corrected chi connectivity index (χ4v) is 2.02.